The van der Waals surface area contributed by atoms with Gasteiger partial charge in [-0.1, -0.05) is 31.6 Å². The Labute approximate surface area is 183 Å². The lowest BCUT2D eigenvalue weighted by molar-refractivity contribution is -0.162. The molecule has 0 aromatic carbocycles. The van der Waals surface area contributed by atoms with Gasteiger partial charge in [0.1, 0.15) is 5.82 Å². The Balaban J connectivity index is 0.000000316. The number of nitrogens with two attached hydrogens (primary N) is 1. The lowest BCUT2D eigenvalue weighted by Crippen LogP contribution is -2.21. The molecule has 3 heterocycles. The average Bonchev–Trinajstić information content (AvgIpc) is 3.14. The van der Waals surface area contributed by atoms with Crippen LogP contribution in [0, 0.1) is 19.8 Å². The summed E-state index contributed by atoms with van der Waals surface area (Å²) in [6, 6.07) is 3.81. The van der Waals surface area contributed by atoms with Gasteiger partial charge in [0.05, 0.1) is 11.6 Å². The molecule has 1 aliphatic heterocycles. The Morgan fingerprint density at radius 2 is 1.97 bits per heavy atom. The first-order valence-corrected chi connectivity index (χ1v) is 10.8. The summed E-state index contributed by atoms with van der Waals surface area (Å²) in [6.07, 6.45) is 6.17. The molecule has 0 radical (unpaired) electrons. The number of rotatable bonds is 5. The fraction of sp³-hybridized carbons (Fsp3) is 0.500. The molecule has 0 spiro atoms. The van der Waals surface area contributed by atoms with E-state index in [0.717, 1.165) is 31.5 Å². The second-order valence-electron chi connectivity index (χ2n) is 7.95. The number of fused-ring (bicyclic) bond motifs is 1. The van der Waals surface area contributed by atoms with E-state index in [1.54, 1.807) is 25.3 Å². The molecule has 7 heteroatoms. The van der Waals surface area contributed by atoms with Crippen LogP contribution in [0.5, 0.6) is 0 Å². The molecular weight excluding hydrogens is 401 g/mol. The Morgan fingerprint density at radius 1 is 1.23 bits per heavy atom. The van der Waals surface area contributed by atoms with Crippen LogP contribution in [0.3, 0.4) is 0 Å². The van der Waals surface area contributed by atoms with Crippen molar-refractivity contribution in [1.82, 2.24) is 14.8 Å². The number of nitrogens with zero attached hydrogens (tertiary/aromatic N) is 3. The van der Waals surface area contributed by atoms with Crippen LogP contribution in [0.25, 0.3) is 5.57 Å². The number of anilines is 1. The van der Waals surface area contributed by atoms with Gasteiger partial charge in [-0.2, -0.15) is 18.3 Å². The molecule has 1 atom stereocenters. The van der Waals surface area contributed by atoms with E-state index in [4.69, 9.17) is 5.73 Å². The molecule has 170 valence electrons. The number of allylic oxidation sites excluding steroid dienone is 4. The predicted octanol–water partition coefficient (Wildman–Crippen LogP) is 6.44. The molecule has 0 saturated heterocycles. The Bertz CT molecular complexity index is 887. The van der Waals surface area contributed by atoms with Gasteiger partial charge in [0.25, 0.3) is 0 Å². The minimum absolute atomic E-state index is 0.109. The summed E-state index contributed by atoms with van der Waals surface area (Å²) in [5.74, 6) is -0.819. The third kappa shape index (κ3) is 7.26. The van der Waals surface area contributed by atoms with Crippen molar-refractivity contribution >= 4 is 11.4 Å². The maximum Gasteiger partial charge on any atom is 0.395 e. The largest absolute Gasteiger partial charge is 0.395 e. The van der Waals surface area contributed by atoms with E-state index in [1.165, 1.54) is 17.2 Å². The zero-order chi connectivity index (χ0) is 23.0. The highest BCUT2D eigenvalue weighted by Gasteiger charge is 2.37. The molecule has 0 amide bonds. The number of aryl methyl sites for hydroxylation is 4. The van der Waals surface area contributed by atoms with Crippen LogP contribution in [-0.2, 0) is 13.0 Å². The maximum atomic E-state index is 13.2. The Kier molecular flexibility index (Phi) is 8.89. The molecule has 0 bridgehead atoms. The van der Waals surface area contributed by atoms with E-state index < -0.39 is 12.1 Å². The van der Waals surface area contributed by atoms with Crippen molar-refractivity contribution < 1.29 is 13.2 Å². The lowest BCUT2D eigenvalue weighted by atomic mass is 9.98. The second kappa shape index (κ2) is 11.2. The summed E-state index contributed by atoms with van der Waals surface area (Å²) in [5, 5.41) is 4.49. The van der Waals surface area contributed by atoms with Gasteiger partial charge >= 0.3 is 6.18 Å². The van der Waals surface area contributed by atoms with Gasteiger partial charge in [0.2, 0.25) is 0 Å². The van der Waals surface area contributed by atoms with Crippen molar-refractivity contribution in [3.8, 4) is 0 Å². The normalized spacial score (nSPS) is 15.4. The summed E-state index contributed by atoms with van der Waals surface area (Å²) in [5.41, 5.74) is 10.1. The number of nitrogen functional groups attached to an aromatic ring is 1. The maximum absolute atomic E-state index is 13.2. The molecule has 2 aromatic rings. The van der Waals surface area contributed by atoms with Crippen molar-refractivity contribution in [2.24, 2.45) is 5.92 Å². The highest BCUT2D eigenvalue weighted by Crippen LogP contribution is 2.34. The molecule has 4 nitrogen and oxygen atoms in total. The first-order valence-electron chi connectivity index (χ1n) is 10.8. The molecule has 3 rings (SSSR count). The zero-order valence-electron chi connectivity index (χ0n) is 18.8. The molecule has 0 saturated carbocycles. The van der Waals surface area contributed by atoms with Crippen molar-refractivity contribution in [3.63, 3.8) is 0 Å². The lowest BCUT2D eigenvalue weighted by Gasteiger charge is -2.17. The molecule has 0 aliphatic carbocycles. The van der Waals surface area contributed by atoms with E-state index in [2.05, 4.69) is 10.1 Å². The van der Waals surface area contributed by atoms with Crippen LogP contribution >= 0.6 is 0 Å². The van der Waals surface area contributed by atoms with E-state index >= 15 is 0 Å². The topological polar surface area (TPSA) is 56.7 Å². The number of hydrogen-bond acceptors (Lipinski definition) is 3. The first kappa shape index (κ1) is 24.7. The second-order valence-corrected chi connectivity index (χ2v) is 7.95. The third-order valence-corrected chi connectivity index (χ3v) is 5.35. The van der Waals surface area contributed by atoms with E-state index in [9.17, 15) is 13.2 Å². The van der Waals surface area contributed by atoms with Crippen LogP contribution < -0.4 is 5.73 Å². The third-order valence-electron chi connectivity index (χ3n) is 5.35. The first-order chi connectivity index (χ1) is 14.7. The molecule has 31 heavy (non-hydrogen) atoms. The van der Waals surface area contributed by atoms with E-state index in [1.807, 2.05) is 37.6 Å². The van der Waals surface area contributed by atoms with Gasteiger partial charge in [-0.05, 0) is 75.3 Å². The van der Waals surface area contributed by atoms with Crippen LogP contribution in [0.1, 0.15) is 62.0 Å². The predicted molar refractivity (Wildman–Crippen MR) is 121 cm³/mol. The van der Waals surface area contributed by atoms with Crippen LogP contribution in [0.2, 0.25) is 0 Å². The van der Waals surface area contributed by atoms with Crippen molar-refractivity contribution in [2.45, 2.75) is 72.5 Å². The Hall–Kier alpha value is -2.57. The zero-order valence-corrected chi connectivity index (χ0v) is 18.8. The molecule has 2 N–H and O–H groups in total. The van der Waals surface area contributed by atoms with Gasteiger partial charge < -0.3 is 5.73 Å². The van der Waals surface area contributed by atoms with E-state index in [-0.39, 0.29) is 6.42 Å². The number of halogens is 3. The van der Waals surface area contributed by atoms with Crippen LogP contribution in [-0.4, -0.2) is 20.9 Å². The fourth-order valence-corrected chi connectivity index (χ4v) is 3.48. The molecule has 2 aromatic heterocycles. The molecule has 0 fully saturated rings. The smallest absolute Gasteiger partial charge is 0.384 e. The highest BCUT2D eigenvalue weighted by molar-refractivity contribution is 5.72. The van der Waals surface area contributed by atoms with Crippen LogP contribution in [0.15, 0.2) is 36.6 Å². The molecule has 1 unspecified atom stereocenters. The molecular formula is C24H33F3N4. The standard InChI is InChI=1S/C17H23F3N2.C7H10N2/c1-3-7-13(11-14(8-4-2)17(18,19)20)16-12-15-9-5-6-10-22(15)21-16;1-5-3-7(8)9-4-6(5)2/h3,7,11-12,14H,4-6,8-10H2,1-2H3;3-4H,1-2H3,(H2,8,9)/b7-3-,13-11+;. The fourth-order valence-electron chi connectivity index (χ4n) is 3.48. The minimum atomic E-state index is -4.21. The Morgan fingerprint density at radius 3 is 2.52 bits per heavy atom. The van der Waals surface area contributed by atoms with Gasteiger partial charge in [-0.15, -0.1) is 0 Å². The van der Waals surface area contributed by atoms with Crippen molar-refractivity contribution in [3.05, 3.63) is 59.1 Å². The van der Waals surface area contributed by atoms with Gasteiger partial charge in [0.15, 0.2) is 0 Å². The monoisotopic (exact) mass is 434 g/mol. The highest BCUT2D eigenvalue weighted by atomic mass is 19.4. The minimum Gasteiger partial charge on any atom is -0.384 e. The summed E-state index contributed by atoms with van der Waals surface area (Å²) in [6.45, 7) is 8.48. The SMILES string of the molecule is C/C=C\C(=C/C(CCC)C(F)(F)F)c1cc2n(n1)CCCC2.Cc1cnc(N)cc1C. The quantitative estimate of drug-likeness (QED) is 0.551. The number of pyridine rings is 1. The summed E-state index contributed by atoms with van der Waals surface area (Å²) in [7, 11) is 0. The van der Waals surface area contributed by atoms with E-state index in [0.29, 0.717) is 23.5 Å². The number of alkyl halides is 3. The van der Waals surface area contributed by atoms with Crippen LogP contribution in [0.4, 0.5) is 19.0 Å². The number of hydrogen-bond donors (Lipinski definition) is 1. The summed E-state index contributed by atoms with van der Waals surface area (Å²) >= 11 is 0. The number of aromatic nitrogens is 3. The van der Waals surface area contributed by atoms with Gasteiger partial charge in [-0.25, -0.2) is 4.98 Å². The van der Waals surface area contributed by atoms with Gasteiger partial charge in [-0.3, -0.25) is 4.68 Å². The van der Waals surface area contributed by atoms with Crippen molar-refractivity contribution in [1.29, 1.82) is 0 Å². The summed E-state index contributed by atoms with van der Waals surface area (Å²) in [4.78, 5) is 3.92. The average molecular weight is 435 g/mol. The van der Waals surface area contributed by atoms with Crippen molar-refractivity contribution in [2.75, 3.05) is 5.73 Å². The summed E-state index contributed by atoms with van der Waals surface area (Å²) < 4.78 is 41.4. The molecule has 1 aliphatic rings. The van der Waals surface area contributed by atoms with Gasteiger partial charge in [0, 0.05) is 18.4 Å².